The van der Waals surface area contributed by atoms with Gasteiger partial charge in [-0.2, -0.15) is 0 Å². The van der Waals surface area contributed by atoms with E-state index in [4.69, 9.17) is 23.7 Å². The van der Waals surface area contributed by atoms with Crippen molar-refractivity contribution in [3.8, 4) is 23.0 Å². The van der Waals surface area contributed by atoms with Crippen LogP contribution in [0.1, 0.15) is 156 Å². The Morgan fingerprint density at radius 3 is 1.09 bits per heavy atom. The van der Waals surface area contributed by atoms with Gasteiger partial charge in [0.25, 0.3) is 17.1 Å². The van der Waals surface area contributed by atoms with E-state index in [2.05, 4.69) is 5.32 Å². The molecule has 5 rings (SSSR count). The number of non-ortho nitro benzene ring substituents is 3. The van der Waals surface area contributed by atoms with Gasteiger partial charge in [0.1, 0.15) is 23.0 Å². The molecule has 0 saturated heterocycles. The van der Waals surface area contributed by atoms with Crippen molar-refractivity contribution in [2.45, 2.75) is 137 Å². The van der Waals surface area contributed by atoms with E-state index in [-0.39, 0.29) is 74.4 Å². The van der Waals surface area contributed by atoms with Crippen LogP contribution >= 0.6 is 0 Å². The molecule has 4 aromatic carbocycles. The molecule has 17 heteroatoms. The summed E-state index contributed by atoms with van der Waals surface area (Å²) in [4.78, 5) is 60.9. The number of nitrogens with one attached hydrogen (secondary N) is 1. The molecule has 17 nitrogen and oxygen atoms in total. The third-order valence-corrected chi connectivity index (χ3v) is 11.6. The number of carbonyl (C=O) groups is 2. The van der Waals surface area contributed by atoms with Gasteiger partial charge in [-0.3, -0.25) is 39.9 Å². The van der Waals surface area contributed by atoms with E-state index in [1.54, 1.807) is 19.1 Å². The van der Waals surface area contributed by atoms with Gasteiger partial charge < -0.3 is 29.0 Å². The summed E-state index contributed by atoms with van der Waals surface area (Å²) in [6.07, 6.45) is 9.62. The minimum absolute atomic E-state index is 0.0401. The monoisotopic (exact) mass is 954 g/mol. The number of fused-ring (bicyclic) bond motifs is 8. The lowest BCUT2D eigenvalue weighted by Crippen LogP contribution is -2.12. The molecule has 0 saturated carbocycles. The summed E-state index contributed by atoms with van der Waals surface area (Å²) in [6.45, 7) is 10.4. The van der Waals surface area contributed by atoms with E-state index in [1.807, 2.05) is 20.8 Å². The second-order valence-electron chi connectivity index (χ2n) is 17.3. The van der Waals surface area contributed by atoms with Crippen molar-refractivity contribution in [3.05, 3.63) is 123 Å². The predicted octanol–water partition coefficient (Wildman–Crippen LogP) is 11.9. The van der Waals surface area contributed by atoms with Crippen LogP contribution in [0.3, 0.4) is 0 Å². The summed E-state index contributed by atoms with van der Waals surface area (Å²) in [5, 5.41) is 40.9. The number of unbranched alkanes of at least 4 members (excludes halogenated alkanes) is 7. The highest BCUT2D eigenvalue weighted by Crippen LogP contribution is 2.43. The summed E-state index contributed by atoms with van der Waals surface area (Å²) in [5.74, 6) is 1.03. The van der Waals surface area contributed by atoms with E-state index in [9.17, 15) is 39.9 Å². The van der Waals surface area contributed by atoms with Crippen molar-refractivity contribution in [2.24, 2.45) is 0 Å². The molecule has 0 atom stereocenters. The first kappa shape index (κ1) is 53.2. The van der Waals surface area contributed by atoms with Crippen LogP contribution in [0.4, 0.5) is 22.7 Å². The fourth-order valence-corrected chi connectivity index (χ4v) is 8.62. The first-order valence-corrected chi connectivity index (χ1v) is 24.3. The zero-order valence-electron chi connectivity index (χ0n) is 40.6. The highest BCUT2D eigenvalue weighted by Gasteiger charge is 2.28. The molecule has 0 heterocycles. The van der Waals surface area contributed by atoms with Crippen molar-refractivity contribution < 1.29 is 48.0 Å². The molecule has 372 valence electrons. The van der Waals surface area contributed by atoms with E-state index in [0.717, 1.165) is 44.9 Å². The smallest absolute Gasteiger partial charge is 0.305 e. The molecule has 0 radical (unpaired) electrons. The van der Waals surface area contributed by atoms with Gasteiger partial charge in [0.2, 0.25) is 5.91 Å². The summed E-state index contributed by atoms with van der Waals surface area (Å²) >= 11 is 0. The van der Waals surface area contributed by atoms with Crippen LogP contribution in [0.5, 0.6) is 23.0 Å². The van der Waals surface area contributed by atoms with Gasteiger partial charge in [-0.1, -0.05) is 59.3 Å². The van der Waals surface area contributed by atoms with Crippen molar-refractivity contribution in [2.75, 3.05) is 38.4 Å². The van der Waals surface area contributed by atoms with Crippen molar-refractivity contribution in [1.29, 1.82) is 0 Å². The van der Waals surface area contributed by atoms with Crippen LogP contribution in [0.25, 0.3) is 0 Å². The number of nitro groups is 3. The topological polar surface area (TPSA) is 222 Å². The number of hydrogen-bond donors (Lipinski definition) is 1. The number of benzene rings is 4. The zero-order chi connectivity index (χ0) is 49.9. The van der Waals surface area contributed by atoms with Crippen LogP contribution in [-0.2, 0) is 40.0 Å². The molecular weight excluding hydrogens is 889 g/mol. The molecule has 0 aliphatic heterocycles. The molecule has 1 aliphatic rings. The molecule has 0 fully saturated rings. The van der Waals surface area contributed by atoms with Crippen molar-refractivity contribution >= 4 is 34.6 Å². The fourth-order valence-electron chi connectivity index (χ4n) is 8.62. The van der Waals surface area contributed by atoms with Gasteiger partial charge in [-0.15, -0.1) is 0 Å². The Bertz CT molecular complexity index is 2330. The maximum Gasteiger partial charge on any atom is 0.305 e. The van der Waals surface area contributed by atoms with E-state index >= 15 is 0 Å². The molecule has 1 N–H and O–H groups in total. The first-order valence-electron chi connectivity index (χ1n) is 24.3. The third-order valence-electron chi connectivity index (χ3n) is 11.6. The van der Waals surface area contributed by atoms with Gasteiger partial charge in [0.15, 0.2) is 0 Å². The Hall–Kier alpha value is -6.78. The zero-order valence-corrected chi connectivity index (χ0v) is 40.6. The van der Waals surface area contributed by atoms with Gasteiger partial charge in [-0.05, 0) is 51.2 Å². The number of anilines is 1. The second-order valence-corrected chi connectivity index (χ2v) is 17.3. The van der Waals surface area contributed by atoms with Gasteiger partial charge in [-0.25, -0.2) is 0 Å². The lowest BCUT2D eigenvalue weighted by Gasteiger charge is -2.23. The number of nitro benzene ring substituents is 3. The standard InChI is InChI=1S/C52H66N4O13/c1-6-19-66-50-38-23-36-27-44(53-35(5)57)28-37(49(36)69-22-17-15-13-11-10-12-14-16-18-48(58)65-9-4)24-39-30-46(55(61)62)32-41(51(39)67-20-7-2)26-43-34-47(56(63)64)33-42(52(43)68-21-8-3)25-40(50)31-45(29-38)54(59)60/h27-34H,6-26H2,1-5H3,(H,53,57). The fraction of sp³-hybridized carbons (Fsp3) is 0.500. The number of carbonyl (C=O) groups excluding carboxylic acids is 2. The Morgan fingerprint density at radius 2 is 0.783 bits per heavy atom. The SMILES string of the molecule is CCCOc1c2cc([N+](=O)[O-])cc1Cc1cc([N+](=O)[O-])cc(c1OCCC)Cc1cc(NC(C)=O)cc(c1OCCCCCCCCCCC(=O)OCC)Cc1cc([N+](=O)[O-])cc(c1OCCC)C2. The minimum atomic E-state index is -0.519. The lowest BCUT2D eigenvalue weighted by atomic mass is 9.90. The molecular formula is C52H66N4O13. The number of esters is 1. The molecule has 4 aromatic rings. The van der Waals surface area contributed by atoms with Crippen LogP contribution in [0.15, 0.2) is 48.5 Å². The Morgan fingerprint density at radius 1 is 0.478 bits per heavy atom. The van der Waals surface area contributed by atoms with Crippen LogP contribution in [0.2, 0.25) is 0 Å². The van der Waals surface area contributed by atoms with Gasteiger partial charge in [0.05, 0.1) is 47.8 Å². The Labute approximate surface area is 403 Å². The van der Waals surface area contributed by atoms with Crippen molar-refractivity contribution in [3.63, 3.8) is 0 Å². The normalized spacial score (nSPS) is 11.9. The summed E-state index contributed by atoms with van der Waals surface area (Å²) in [7, 11) is 0. The second kappa shape index (κ2) is 26.7. The van der Waals surface area contributed by atoms with Crippen LogP contribution < -0.4 is 24.3 Å². The van der Waals surface area contributed by atoms with Gasteiger partial charge in [0, 0.05) is 126 Å². The number of rotatable bonds is 26. The van der Waals surface area contributed by atoms with Gasteiger partial charge >= 0.3 is 5.97 Å². The molecule has 0 unspecified atom stereocenters. The number of ether oxygens (including phenoxy) is 5. The van der Waals surface area contributed by atoms with E-state index < -0.39 is 14.8 Å². The van der Waals surface area contributed by atoms with E-state index in [1.165, 1.54) is 43.3 Å². The molecule has 1 aliphatic carbocycles. The maximum absolute atomic E-state index is 12.7. The van der Waals surface area contributed by atoms with Crippen molar-refractivity contribution in [1.82, 2.24) is 0 Å². The third kappa shape index (κ3) is 15.4. The highest BCUT2D eigenvalue weighted by molar-refractivity contribution is 5.89. The number of amides is 1. The predicted molar refractivity (Wildman–Crippen MR) is 262 cm³/mol. The van der Waals surface area contributed by atoms with Crippen LogP contribution in [0, 0.1) is 30.3 Å². The highest BCUT2D eigenvalue weighted by atomic mass is 16.6. The summed E-state index contributed by atoms with van der Waals surface area (Å²) < 4.78 is 31.1. The Balaban J connectivity index is 1.70. The summed E-state index contributed by atoms with van der Waals surface area (Å²) in [5.41, 5.74) is 3.34. The molecule has 0 spiro atoms. The molecule has 0 aromatic heterocycles. The molecule has 8 bridgehead atoms. The molecule has 69 heavy (non-hydrogen) atoms. The molecule has 1 amide bonds. The number of hydrogen-bond acceptors (Lipinski definition) is 13. The Kier molecular flexibility index (Phi) is 20.6. The summed E-state index contributed by atoms with van der Waals surface area (Å²) in [6, 6.07) is 12.1. The van der Waals surface area contributed by atoms with E-state index in [0.29, 0.717) is 119 Å². The first-order chi connectivity index (χ1) is 33.3. The average Bonchev–Trinajstić information content (AvgIpc) is 3.29. The minimum Gasteiger partial charge on any atom is -0.493 e. The van der Waals surface area contributed by atoms with Crippen LogP contribution in [-0.4, -0.2) is 59.7 Å². The maximum atomic E-state index is 12.7. The average molecular weight is 955 g/mol. The quantitative estimate of drug-likeness (QED) is 0.0236. The lowest BCUT2D eigenvalue weighted by molar-refractivity contribution is -0.385. The number of nitrogens with zero attached hydrogens (tertiary/aromatic N) is 3. The largest absolute Gasteiger partial charge is 0.493 e.